The van der Waals surface area contributed by atoms with E-state index in [1.54, 1.807) is 0 Å². The molecule has 1 aromatic carbocycles. The fourth-order valence-electron chi connectivity index (χ4n) is 1.67. The van der Waals surface area contributed by atoms with E-state index >= 15 is 0 Å². The van der Waals surface area contributed by atoms with Crippen molar-refractivity contribution in [1.29, 1.82) is 0 Å². The molecule has 23 heavy (non-hydrogen) atoms. The Morgan fingerprint density at radius 1 is 1.57 bits per heavy atom. The van der Waals surface area contributed by atoms with Gasteiger partial charge in [-0.1, -0.05) is 0 Å². The first kappa shape index (κ1) is 16.3. The van der Waals surface area contributed by atoms with Gasteiger partial charge in [0.05, 0.1) is 24.3 Å². The second-order valence-corrected chi connectivity index (χ2v) is 4.71. The monoisotopic (exact) mass is 337 g/mol. The third kappa shape index (κ3) is 3.23. The third-order valence-corrected chi connectivity index (χ3v) is 3.11. The van der Waals surface area contributed by atoms with Crippen LogP contribution in [0.2, 0.25) is 0 Å². The minimum Gasteiger partial charge on any atom is -0.504 e. The number of H-pyrrole nitrogens is 1. The van der Waals surface area contributed by atoms with E-state index in [0.717, 1.165) is 23.0 Å². The molecule has 0 atom stereocenters. The molecule has 120 valence electrons. The number of hydrogen-bond donors (Lipinski definition) is 2. The third-order valence-electron chi connectivity index (χ3n) is 2.85. The molecule has 0 aliphatic heterocycles. The van der Waals surface area contributed by atoms with Crippen molar-refractivity contribution in [2.75, 3.05) is 7.11 Å². The number of nitro groups is 1. The molecular formula is C12H11N5O5S. The zero-order chi connectivity index (χ0) is 17.1. The Balaban J connectivity index is 2.58. The molecule has 0 saturated carbocycles. The zero-order valence-electron chi connectivity index (χ0n) is 12.0. The van der Waals surface area contributed by atoms with Crippen molar-refractivity contribution in [2.24, 2.45) is 5.10 Å². The van der Waals surface area contributed by atoms with Gasteiger partial charge in [-0.05, 0) is 19.1 Å². The number of nitrogens with one attached hydrogen (secondary N) is 1. The minimum absolute atomic E-state index is 0.00758. The summed E-state index contributed by atoms with van der Waals surface area (Å²) in [6.07, 6.45) is 1.06. The van der Waals surface area contributed by atoms with E-state index in [2.05, 4.69) is 15.3 Å². The summed E-state index contributed by atoms with van der Waals surface area (Å²) in [5.74, 6) is -0.445. The van der Waals surface area contributed by atoms with Gasteiger partial charge >= 0.3 is 0 Å². The van der Waals surface area contributed by atoms with Crippen LogP contribution >= 0.6 is 12.2 Å². The van der Waals surface area contributed by atoms with Crippen LogP contribution in [0.25, 0.3) is 0 Å². The number of benzene rings is 1. The smallest absolute Gasteiger partial charge is 0.296 e. The van der Waals surface area contributed by atoms with Crippen molar-refractivity contribution in [3.8, 4) is 11.5 Å². The van der Waals surface area contributed by atoms with E-state index in [0.29, 0.717) is 0 Å². The van der Waals surface area contributed by atoms with Gasteiger partial charge in [0.1, 0.15) is 5.69 Å². The Kier molecular flexibility index (Phi) is 4.50. The van der Waals surface area contributed by atoms with Gasteiger partial charge in [0, 0.05) is 11.6 Å². The van der Waals surface area contributed by atoms with E-state index in [9.17, 15) is 20.0 Å². The lowest BCUT2D eigenvalue weighted by atomic mass is 10.2. The van der Waals surface area contributed by atoms with E-state index in [1.165, 1.54) is 14.0 Å². The van der Waals surface area contributed by atoms with E-state index in [1.807, 2.05) is 0 Å². The predicted octanol–water partition coefficient (Wildman–Crippen LogP) is 1.11. The summed E-state index contributed by atoms with van der Waals surface area (Å²) >= 11 is 4.90. The second kappa shape index (κ2) is 6.36. The van der Waals surface area contributed by atoms with Crippen LogP contribution in [0.4, 0.5) is 5.69 Å². The number of nitrogens with zero attached hydrogens (tertiary/aromatic N) is 4. The molecule has 0 spiro atoms. The van der Waals surface area contributed by atoms with E-state index in [4.69, 9.17) is 17.0 Å². The number of phenolic OH excluding ortho intramolecular Hbond substituents is 1. The summed E-state index contributed by atoms with van der Waals surface area (Å²) in [4.78, 5) is 22.2. The maximum Gasteiger partial charge on any atom is 0.296 e. The van der Waals surface area contributed by atoms with Gasteiger partial charge in [-0.2, -0.15) is 14.9 Å². The first-order valence-corrected chi connectivity index (χ1v) is 6.54. The van der Waals surface area contributed by atoms with Gasteiger partial charge in [-0.3, -0.25) is 20.0 Å². The maximum atomic E-state index is 11.9. The Morgan fingerprint density at radius 3 is 2.87 bits per heavy atom. The minimum atomic E-state index is -0.645. The van der Waals surface area contributed by atoms with Gasteiger partial charge in [-0.25, -0.2) is 0 Å². The fourth-order valence-corrected chi connectivity index (χ4v) is 1.85. The van der Waals surface area contributed by atoms with Crippen molar-refractivity contribution < 1.29 is 14.8 Å². The quantitative estimate of drug-likeness (QED) is 0.369. The van der Waals surface area contributed by atoms with Crippen molar-refractivity contribution in [2.45, 2.75) is 6.92 Å². The number of aromatic nitrogens is 3. The summed E-state index contributed by atoms with van der Waals surface area (Å²) in [6, 6.07) is 2.16. The molecule has 0 radical (unpaired) electrons. The lowest BCUT2D eigenvalue weighted by molar-refractivity contribution is -0.385. The number of aryl methyl sites for hydroxylation is 1. The van der Waals surface area contributed by atoms with Gasteiger partial charge in [0.15, 0.2) is 11.5 Å². The lowest BCUT2D eigenvalue weighted by Gasteiger charge is -2.06. The number of phenols is 1. The highest BCUT2D eigenvalue weighted by atomic mass is 32.1. The molecule has 0 bridgehead atoms. The molecule has 0 saturated heterocycles. The number of methoxy groups -OCH3 is 1. The number of hydrogen-bond acceptors (Lipinski definition) is 8. The first-order valence-electron chi connectivity index (χ1n) is 6.13. The van der Waals surface area contributed by atoms with Crippen LogP contribution in [0, 0.1) is 21.8 Å². The average Bonchev–Trinajstić information content (AvgIpc) is 2.52. The van der Waals surface area contributed by atoms with Crippen LogP contribution in [0.5, 0.6) is 11.5 Å². The molecular weight excluding hydrogens is 326 g/mol. The molecule has 0 aliphatic rings. The summed E-state index contributed by atoms with van der Waals surface area (Å²) in [7, 11) is 1.26. The highest BCUT2D eigenvalue weighted by molar-refractivity contribution is 7.71. The normalized spacial score (nSPS) is 10.9. The van der Waals surface area contributed by atoms with Crippen LogP contribution < -0.4 is 10.3 Å². The topological polar surface area (TPSA) is 136 Å². The summed E-state index contributed by atoms with van der Waals surface area (Å²) in [5, 5.41) is 30.8. The maximum absolute atomic E-state index is 11.9. The Morgan fingerprint density at radius 2 is 2.26 bits per heavy atom. The summed E-state index contributed by atoms with van der Waals surface area (Å²) in [6.45, 7) is 1.47. The fraction of sp³-hybridized carbons (Fsp3) is 0.167. The van der Waals surface area contributed by atoms with Crippen LogP contribution in [-0.2, 0) is 0 Å². The second-order valence-electron chi connectivity index (χ2n) is 4.32. The molecule has 2 rings (SSSR count). The van der Waals surface area contributed by atoms with E-state index in [-0.39, 0.29) is 33.2 Å². The molecule has 2 N–H and O–H groups in total. The molecule has 0 fully saturated rings. The SMILES string of the molecule is COc1cc([N+](=O)[O-])cc(/C=N/n2c(=S)[nH]nc(C)c2=O)c1O. The number of aromatic amines is 1. The molecule has 0 unspecified atom stereocenters. The highest BCUT2D eigenvalue weighted by Gasteiger charge is 2.16. The zero-order valence-corrected chi connectivity index (χ0v) is 12.8. The molecule has 2 aromatic rings. The standard InChI is InChI=1S/C12H11N5O5S/c1-6-11(19)16(12(23)15-14-6)13-5-7-3-8(17(20)21)4-9(22-2)10(7)18/h3-5,18H,1-2H3,(H,15,23)/b13-5+. The van der Waals surface area contributed by atoms with E-state index < -0.39 is 10.5 Å². The highest BCUT2D eigenvalue weighted by Crippen LogP contribution is 2.33. The van der Waals surface area contributed by atoms with Gasteiger partial charge in [0.2, 0.25) is 4.77 Å². The molecule has 0 aliphatic carbocycles. The summed E-state index contributed by atoms with van der Waals surface area (Å²) in [5.41, 5.74) is -0.727. The van der Waals surface area contributed by atoms with Crippen LogP contribution in [-0.4, -0.2) is 38.2 Å². The Bertz CT molecular complexity index is 917. The first-order chi connectivity index (χ1) is 10.8. The van der Waals surface area contributed by atoms with Crippen molar-refractivity contribution in [3.63, 3.8) is 0 Å². The Labute approximate surface area is 133 Å². The van der Waals surface area contributed by atoms with Crippen LogP contribution in [0.3, 0.4) is 0 Å². The van der Waals surface area contributed by atoms with Crippen LogP contribution in [0.15, 0.2) is 22.0 Å². The Hall–Kier alpha value is -3.08. The number of rotatable bonds is 4. The molecule has 1 aromatic heterocycles. The van der Waals surface area contributed by atoms with Gasteiger partial charge in [0.25, 0.3) is 11.2 Å². The molecule has 11 heteroatoms. The van der Waals surface area contributed by atoms with Crippen LogP contribution in [0.1, 0.15) is 11.3 Å². The van der Waals surface area contributed by atoms with Crippen molar-refractivity contribution in [1.82, 2.24) is 14.9 Å². The number of non-ortho nitro benzene ring substituents is 1. The van der Waals surface area contributed by atoms with Gasteiger partial charge in [-0.15, -0.1) is 0 Å². The largest absolute Gasteiger partial charge is 0.504 e. The molecule has 0 amide bonds. The predicted molar refractivity (Wildman–Crippen MR) is 82.7 cm³/mol. The van der Waals surface area contributed by atoms with Crippen molar-refractivity contribution in [3.05, 3.63) is 48.6 Å². The number of nitro benzene ring substituents is 1. The van der Waals surface area contributed by atoms with Crippen molar-refractivity contribution >= 4 is 24.1 Å². The average molecular weight is 337 g/mol. The number of ether oxygens (including phenoxy) is 1. The number of aromatic hydroxyl groups is 1. The molecule has 10 nitrogen and oxygen atoms in total. The lowest BCUT2D eigenvalue weighted by Crippen LogP contribution is -2.22. The summed E-state index contributed by atoms with van der Waals surface area (Å²) < 4.78 is 5.66. The van der Waals surface area contributed by atoms with Gasteiger partial charge < -0.3 is 9.84 Å². The molecule has 1 heterocycles.